The molecule has 1 aromatic rings. The third-order valence-corrected chi connectivity index (χ3v) is 2.95. The molecule has 2 heterocycles. The predicted molar refractivity (Wildman–Crippen MR) is 63.0 cm³/mol. The number of hydrogen-bond donors (Lipinski definition) is 0. The van der Waals surface area contributed by atoms with Gasteiger partial charge in [-0.3, -0.25) is 0 Å². The average molecular weight is 286 g/mol. The summed E-state index contributed by atoms with van der Waals surface area (Å²) in [5, 5.41) is 8.87. The third-order valence-electron chi connectivity index (χ3n) is 2.95. The number of aromatic nitrogens is 1. The van der Waals surface area contributed by atoms with Gasteiger partial charge < -0.3 is 9.47 Å². The Labute approximate surface area is 114 Å². The summed E-state index contributed by atoms with van der Waals surface area (Å²) in [7, 11) is 0. The second-order valence-electron chi connectivity index (χ2n) is 4.46. The van der Waals surface area contributed by atoms with Gasteiger partial charge in [0.25, 0.3) is 0 Å². The lowest BCUT2D eigenvalue weighted by Gasteiger charge is -2.22. The van der Waals surface area contributed by atoms with Gasteiger partial charge in [0.15, 0.2) is 0 Å². The molecule has 0 amide bonds. The van der Waals surface area contributed by atoms with Crippen molar-refractivity contribution in [1.82, 2.24) is 4.98 Å². The van der Waals surface area contributed by atoms with E-state index in [9.17, 15) is 13.2 Å². The topological polar surface area (TPSA) is 55.1 Å². The van der Waals surface area contributed by atoms with Gasteiger partial charge in [-0.15, -0.1) is 0 Å². The molecule has 1 saturated heterocycles. The second kappa shape index (κ2) is 6.09. The van der Waals surface area contributed by atoms with Crippen LogP contribution in [0.25, 0.3) is 0 Å². The molecule has 0 N–H and O–H groups in total. The van der Waals surface area contributed by atoms with Gasteiger partial charge in [0.2, 0.25) is 5.88 Å². The lowest BCUT2D eigenvalue weighted by atomic mass is 10.1. The van der Waals surface area contributed by atoms with Gasteiger partial charge in [0.05, 0.1) is 6.10 Å². The number of halogens is 3. The van der Waals surface area contributed by atoms with Crippen molar-refractivity contribution in [2.24, 2.45) is 0 Å². The summed E-state index contributed by atoms with van der Waals surface area (Å²) in [6.07, 6.45) is -1.96. The quantitative estimate of drug-likeness (QED) is 0.857. The van der Waals surface area contributed by atoms with E-state index < -0.39 is 11.9 Å². The Morgan fingerprint density at radius 2 is 2.20 bits per heavy atom. The van der Waals surface area contributed by atoms with Crippen LogP contribution in [-0.4, -0.2) is 24.3 Å². The Kier molecular flexibility index (Phi) is 4.45. The van der Waals surface area contributed by atoms with Crippen LogP contribution in [0.1, 0.15) is 30.5 Å². The molecule has 1 aromatic heterocycles. The van der Waals surface area contributed by atoms with Crippen LogP contribution >= 0.6 is 0 Å². The van der Waals surface area contributed by atoms with Gasteiger partial charge in [-0.05, 0) is 31.4 Å². The molecule has 1 aliphatic heterocycles. The number of ether oxygens (including phenoxy) is 2. The first-order valence-corrected chi connectivity index (χ1v) is 6.23. The molecule has 108 valence electrons. The van der Waals surface area contributed by atoms with E-state index >= 15 is 0 Å². The first kappa shape index (κ1) is 14.6. The Morgan fingerprint density at radius 1 is 1.40 bits per heavy atom. The van der Waals surface area contributed by atoms with E-state index in [1.807, 2.05) is 0 Å². The molecule has 1 fully saturated rings. The highest BCUT2D eigenvalue weighted by Gasteiger charge is 2.33. The highest BCUT2D eigenvalue weighted by atomic mass is 19.4. The van der Waals surface area contributed by atoms with Crippen LogP contribution in [0, 0.1) is 11.3 Å². The van der Waals surface area contributed by atoms with Crippen molar-refractivity contribution in [3.8, 4) is 11.9 Å². The maximum absolute atomic E-state index is 12.6. The normalized spacial score (nSPS) is 19.4. The van der Waals surface area contributed by atoms with Crippen molar-refractivity contribution in [2.45, 2.75) is 31.5 Å². The maximum atomic E-state index is 12.6. The molecule has 0 saturated carbocycles. The van der Waals surface area contributed by atoms with Crippen LogP contribution < -0.4 is 4.74 Å². The summed E-state index contributed by atoms with van der Waals surface area (Å²) >= 11 is 0. The van der Waals surface area contributed by atoms with E-state index in [2.05, 4.69) is 4.98 Å². The van der Waals surface area contributed by atoms with E-state index in [0.717, 1.165) is 31.4 Å². The first-order chi connectivity index (χ1) is 9.50. The summed E-state index contributed by atoms with van der Waals surface area (Å²) in [6.45, 7) is 0.720. The van der Waals surface area contributed by atoms with Crippen LogP contribution in [-0.2, 0) is 10.9 Å². The molecular formula is C13H13F3N2O2. The van der Waals surface area contributed by atoms with Crippen molar-refractivity contribution in [2.75, 3.05) is 13.2 Å². The van der Waals surface area contributed by atoms with E-state index in [-0.39, 0.29) is 24.2 Å². The molecule has 1 unspecified atom stereocenters. The molecule has 0 bridgehead atoms. The molecular weight excluding hydrogens is 273 g/mol. The fourth-order valence-electron chi connectivity index (χ4n) is 1.90. The number of nitriles is 1. The Balaban J connectivity index is 2.10. The van der Waals surface area contributed by atoms with Crippen LogP contribution in [0.2, 0.25) is 0 Å². The van der Waals surface area contributed by atoms with Crippen molar-refractivity contribution in [1.29, 1.82) is 5.26 Å². The molecule has 7 heteroatoms. The van der Waals surface area contributed by atoms with E-state index in [1.54, 1.807) is 6.07 Å². The van der Waals surface area contributed by atoms with E-state index in [4.69, 9.17) is 14.7 Å². The van der Waals surface area contributed by atoms with Crippen LogP contribution in [0.4, 0.5) is 13.2 Å². The zero-order chi connectivity index (χ0) is 14.6. The lowest BCUT2D eigenvalue weighted by Crippen LogP contribution is -2.26. The molecule has 0 aliphatic carbocycles. The predicted octanol–water partition coefficient (Wildman–Crippen LogP) is 2.92. The van der Waals surface area contributed by atoms with Crippen LogP contribution in [0.5, 0.6) is 5.88 Å². The second-order valence-corrected chi connectivity index (χ2v) is 4.46. The lowest BCUT2D eigenvalue weighted by molar-refractivity contribution is -0.141. The number of pyridine rings is 1. The van der Waals surface area contributed by atoms with Gasteiger partial charge in [-0.25, -0.2) is 4.98 Å². The molecule has 20 heavy (non-hydrogen) atoms. The SMILES string of the molecule is N#Cc1ccc(C(F)(F)F)nc1OCC1CCCCO1. The molecule has 1 atom stereocenters. The summed E-state index contributed by atoms with van der Waals surface area (Å²) in [5.74, 6) is -0.295. The summed E-state index contributed by atoms with van der Waals surface area (Å²) in [4.78, 5) is 3.37. The average Bonchev–Trinajstić information content (AvgIpc) is 2.45. The van der Waals surface area contributed by atoms with Gasteiger partial charge in [-0.1, -0.05) is 0 Å². The highest BCUT2D eigenvalue weighted by molar-refractivity contribution is 5.39. The Morgan fingerprint density at radius 3 is 2.80 bits per heavy atom. The molecule has 2 rings (SSSR count). The minimum absolute atomic E-state index is 0.0196. The highest BCUT2D eigenvalue weighted by Crippen LogP contribution is 2.30. The third kappa shape index (κ3) is 3.61. The Hall–Kier alpha value is -1.81. The summed E-state index contributed by atoms with van der Waals surface area (Å²) in [5.41, 5.74) is -1.09. The summed E-state index contributed by atoms with van der Waals surface area (Å²) in [6, 6.07) is 3.60. The molecule has 0 aromatic carbocycles. The summed E-state index contributed by atoms with van der Waals surface area (Å²) < 4.78 is 48.4. The smallest absolute Gasteiger partial charge is 0.433 e. The zero-order valence-corrected chi connectivity index (χ0v) is 10.6. The molecule has 1 aliphatic rings. The number of rotatable bonds is 3. The largest absolute Gasteiger partial charge is 0.474 e. The van der Waals surface area contributed by atoms with Crippen LogP contribution in [0.3, 0.4) is 0 Å². The monoisotopic (exact) mass is 286 g/mol. The fraction of sp³-hybridized carbons (Fsp3) is 0.538. The Bertz CT molecular complexity index is 505. The van der Waals surface area contributed by atoms with Gasteiger partial charge in [0, 0.05) is 6.61 Å². The van der Waals surface area contributed by atoms with Gasteiger partial charge >= 0.3 is 6.18 Å². The fourth-order valence-corrected chi connectivity index (χ4v) is 1.90. The minimum atomic E-state index is -4.56. The van der Waals surface area contributed by atoms with Crippen molar-refractivity contribution < 1.29 is 22.6 Å². The first-order valence-electron chi connectivity index (χ1n) is 6.23. The van der Waals surface area contributed by atoms with E-state index in [1.165, 1.54) is 0 Å². The molecule has 0 radical (unpaired) electrons. The standard InChI is InChI=1S/C13H13F3N2O2/c14-13(15,16)11-5-4-9(7-17)12(18-11)20-8-10-3-1-2-6-19-10/h4-5,10H,1-3,6,8H2. The van der Waals surface area contributed by atoms with Crippen molar-refractivity contribution in [3.63, 3.8) is 0 Å². The number of nitrogens with zero attached hydrogens (tertiary/aromatic N) is 2. The van der Waals surface area contributed by atoms with Crippen LogP contribution in [0.15, 0.2) is 12.1 Å². The van der Waals surface area contributed by atoms with Gasteiger partial charge in [0.1, 0.15) is 23.9 Å². The van der Waals surface area contributed by atoms with Crippen molar-refractivity contribution in [3.05, 3.63) is 23.4 Å². The molecule has 4 nitrogen and oxygen atoms in total. The maximum Gasteiger partial charge on any atom is 0.433 e. The van der Waals surface area contributed by atoms with E-state index in [0.29, 0.717) is 6.61 Å². The van der Waals surface area contributed by atoms with Gasteiger partial charge in [-0.2, -0.15) is 18.4 Å². The van der Waals surface area contributed by atoms with Crippen molar-refractivity contribution >= 4 is 0 Å². The number of hydrogen-bond acceptors (Lipinski definition) is 4. The minimum Gasteiger partial charge on any atom is -0.474 e. The molecule has 0 spiro atoms. The number of alkyl halides is 3. The zero-order valence-electron chi connectivity index (χ0n) is 10.6.